The Kier molecular flexibility index (Phi) is 3.78. The normalized spacial score (nSPS) is 19.1. The number of aryl methyl sites for hydroxylation is 1. The maximum Gasteiger partial charge on any atom is 0.292 e. The van der Waals surface area contributed by atoms with Crippen LogP contribution in [-0.4, -0.2) is 11.0 Å². The molecule has 1 aliphatic carbocycles. The molecule has 0 amide bonds. The first-order valence-corrected chi connectivity index (χ1v) is 6.90. The van der Waals surface area contributed by atoms with E-state index >= 15 is 0 Å². The highest BCUT2D eigenvalue weighted by Crippen LogP contribution is 2.37. The minimum atomic E-state index is -0.303. The van der Waals surface area contributed by atoms with Crippen molar-refractivity contribution in [1.82, 2.24) is 0 Å². The number of rotatable bonds is 3. The number of nitrogens with one attached hydrogen (secondary N) is 1. The fraction of sp³-hybridized carbons (Fsp3) is 0.600. The first-order chi connectivity index (χ1) is 8.89. The lowest BCUT2D eigenvalue weighted by Crippen LogP contribution is -2.30. The Morgan fingerprint density at radius 2 is 1.95 bits per heavy atom. The highest BCUT2D eigenvalue weighted by Gasteiger charge is 2.28. The SMILES string of the molecule is Cc1cccc([N+](=O)[O-])c1NC1CCC(C)(C)CC1. The standard InChI is InChI=1S/C15H22N2O2/c1-11-5-4-6-13(17(18)19)14(11)16-12-7-9-15(2,3)10-8-12/h4-6,12,16H,7-10H2,1-3H3. The van der Waals surface area contributed by atoms with Gasteiger partial charge in [-0.2, -0.15) is 0 Å². The molecule has 0 saturated heterocycles. The number of nitrogens with zero attached hydrogens (tertiary/aromatic N) is 1. The molecule has 1 N–H and O–H groups in total. The molecule has 1 aliphatic rings. The molecule has 0 aliphatic heterocycles. The fourth-order valence-electron chi connectivity index (χ4n) is 2.74. The molecule has 1 aromatic carbocycles. The summed E-state index contributed by atoms with van der Waals surface area (Å²) in [6, 6.07) is 5.58. The third kappa shape index (κ3) is 3.25. The highest BCUT2D eigenvalue weighted by molar-refractivity contribution is 5.66. The van der Waals surface area contributed by atoms with Crippen molar-refractivity contribution in [3.63, 3.8) is 0 Å². The maximum atomic E-state index is 11.1. The Morgan fingerprint density at radius 1 is 1.32 bits per heavy atom. The van der Waals surface area contributed by atoms with E-state index in [0.29, 0.717) is 17.1 Å². The molecule has 0 atom stereocenters. The summed E-state index contributed by atoms with van der Waals surface area (Å²) < 4.78 is 0. The van der Waals surface area contributed by atoms with E-state index in [9.17, 15) is 10.1 Å². The van der Waals surface area contributed by atoms with Crippen molar-refractivity contribution in [2.45, 2.75) is 52.5 Å². The van der Waals surface area contributed by atoms with Crippen LogP contribution < -0.4 is 5.32 Å². The summed E-state index contributed by atoms with van der Waals surface area (Å²) in [5, 5.41) is 14.5. The highest BCUT2D eigenvalue weighted by atomic mass is 16.6. The van der Waals surface area contributed by atoms with Gasteiger partial charge in [-0.3, -0.25) is 10.1 Å². The van der Waals surface area contributed by atoms with E-state index in [0.717, 1.165) is 18.4 Å². The van der Waals surface area contributed by atoms with E-state index < -0.39 is 0 Å². The first kappa shape index (κ1) is 13.8. The van der Waals surface area contributed by atoms with Gasteiger partial charge in [-0.15, -0.1) is 0 Å². The van der Waals surface area contributed by atoms with Gasteiger partial charge in [-0.25, -0.2) is 0 Å². The van der Waals surface area contributed by atoms with Crippen molar-refractivity contribution in [3.8, 4) is 0 Å². The molecule has 0 bridgehead atoms. The Balaban J connectivity index is 2.14. The van der Waals surface area contributed by atoms with Gasteiger partial charge in [0, 0.05) is 12.1 Å². The molecule has 4 nitrogen and oxygen atoms in total. The average Bonchev–Trinajstić information content (AvgIpc) is 2.33. The van der Waals surface area contributed by atoms with Crippen molar-refractivity contribution >= 4 is 11.4 Å². The van der Waals surface area contributed by atoms with Gasteiger partial charge >= 0.3 is 0 Å². The minimum absolute atomic E-state index is 0.185. The summed E-state index contributed by atoms with van der Waals surface area (Å²) >= 11 is 0. The molecule has 1 saturated carbocycles. The van der Waals surface area contributed by atoms with Crippen molar-refractivity contribution in [3.05, 3.63) is 33.9 Å². The molecule has 1 fully saturated rings. The van der Waals surface area contributed by atoms with E-state index in [1.165, 1.54) is 12.8 Å². The van der Waals surface area contributed by atoms with E-state index in [2.05, 4.69) is 19.2 Å². The number of nitro benzene ring substituents is 1. The molecule has 4 heteroatoms. The zero-order valence-corrected chi connectivity index (χ0v) is 11.9. The Bertz CT molecular complexity index is 473. The van der Waals surface area contributed by atoms with Gasteiger partial charge in [0.15, 0.2) is 0 Å². The van der Waals surface area contributed by atoms with Gasteiger partial charge < -0.3 is 5.32 Å². The zero-order valence-electron chi connectivity index (χ0n) is 11.9. The van der Waals surface area contributed by atoms with Crippen LogP contribution in [0.2, 0.25) is 0 Å². The number of hydrogen-bond acceptors (Lipinski definition) is 3. The predicted octanol–water partition coefficient (Wildman–Crippen LogP) is 4.28. The largest absolute Gasteiger partial charge is 0.377 e. The lowest BCUT2D eigenvalue weighted by Gasteiger charge is -2.35. The predicted molar refractivity (Wildman–Crippen MR) is 77.5 cm³/mol. The summed E-state index contributed by atoms with van der Waals surface area (Å²) in [6.07, 6.45) is 4.51. The summed E-state index contributed by atoms with van der Waals surface area (Å²) in [5.41, 5.74) is 2.23. The van der Waals surface area contributed by atoms with Crippen molar-refractivity contribution in [1.29, 1.82) is 0 Å². The molecule has 0 heterocycles. The second-order valence-electron chi connectivity index (χ2n) is 6.31. The number of hydrogen-bond donors (Lipinski definition) is 1. The van der Waals surface area contributed by atoms with Crippen LogP contribution in [0, 0.1) is 22.5 Å². The monoisotopic (exact) mass is 262 g/mol. The van der Waals surface area contributed by atoms with E-state index in [4.69, 9.17) is 0 Å². The molecule has 19 heavy (non-hydrogen) atoms. The van der Waals surface area contributed by atoms with Gasteiger partial charge in [-0.05, 0) is 43.6 Å². The maximum absolute atomic E-state index is 11.1. The van der Waals surface area contributed by atoms with Gasteiger partial charge in [0.05, 0.1) is 4.92 Å². The van der Waals surface area contributed by atoms with Crippen LogP contribution in [0.4, 0.5) is 11.4 Å². The lowest BCUT2D eigenvalue weighted by molar-refractivity contribution is -0.384. The molecule has 2 rings (SSSR count). The second-order valence-corrected chi connectivity index (χ2v) is 6.31. The fourth-order valence-corrected chi connectivity index (χ4v) is 2.74. The van der Waals surface area contributed by atoms with Crippen LogP contribution in [0.1, 0.15) is 45.1 Å². The quantitative estimate of drug-likeness (QED) is 0.653. The molecular formula is C15H22N2O2. The lowest BCUT2D eigenvalue weighted by atomic mass is 9.75. The molecule has 0 spiro atoms. The number of benzene rings is 1. The van der Waals surface area contributed by atoms with Gasteiger partial charge in [0.2, 0.25) is 0 Å². The van der Waals surface area contributed by atoms with Crippen LogP contribution in [0.15, 0.2) is 18.2 Å². The van der Waals surface area contributed by atoms with Crippen LogP contribution in [-0.2, 0) is 0 Å². The van der Waals surface area contributed by atoms with Gasteiger partial charge in [0.1, 0.15) is 5.69 Å². The Hall–Kier alpha value is -1.58. The third-order valence-electron chi connectivity index (χ3n) is 4.14. The van der Waals surface area contributed by atoms with E-state index in [1.807, 2.05) is 13.0 Å². The average molecular weight is 262 g/mol. The van der Waals surface area contributed by atoms with Gasteiger partial charge in [-0.1, -0.05) is 26.0 Å². The van der Waals surface area contributed by atoms with Crippen LogP contribution in [0.3, 0.4) is 0 Å². The van der Waals surface area contributed by atoms with Crippen molar-refractivity contribution in [2.75, 3.05) is 5.32 Å². The van der Waals surface area contributed by atoms with Crippen LogP contribution in [0.5, 0.6) is 0 Å². The Labute approximate surface area is 114 Å². The second kappa shape index (κ2) is 5.19. The summed E-state index contributed by atoms with van der Waals surface area (Å²) in [4.78, 5) is 10.8. The van der Waals surface area contributed by atoms with Gasteiger partial charge in [0.25, 0.3) is 5.69 Å². The Morgan fingerprint density at radius 3 is 2.53 bits per heavy atom. The summed E-state index contributed by atoms with van der Waals surface area (Å²) in [6.45, 7) is 6.50. The number of para-hydroxylation sites is 1. The van der Waals surface area contributed by atoms with Crippen molar-refractivity contribution in [2.24, 2.45) is 5.41 Å². The molecule has 0 unspecified atom stereocenters. The first-order valence-electron chi connectivity index (χ1n) is 6.90. The smallest absolute Gasteiger partial charge is 0.292 e. The third-order valence-corrected chi connectivity index (χ3v) is 4.14. The summed E-state index contributed by atoms with van der Waals surface area (Å²) in [5.74, 6) is 0. The molecular weight excluding hydrogens is 240 g/mol. The summed E-state index contributed by atoms with van der Waals surface area (Å²) in [7, 11) is 0. The molecule has 104 valence electrons. The molecule has 0 radical (unpaired) electrons. The number of nitro groups is 1. The molecule has 0 aromatic heterocycles. The van der Waals surface area contributed by atoms with E-state index in [-0.39, 0.29) is 10.6 Å². The molecule has 1 aromatic rings. The minimum Gasteiger partial charge on any atom is -0.377 e. The topological polar surface area (TPSA) is 55.2 Å². The van der Waals surface area contributed by atoms with Crippen LogP contribution in [0.25, 0.3) is 0 Å². The zero-order chi connectivity index (χ0) is 14.0. The number of anilines is 1. The van der Waals surface area contributed by atoms with Crippen LogP contribution >= 0.6 is 0 Å². The van der Waals surface area contributed by atoms with Crippen molar-refractivity contribution < 1.29 is 4.92 Å². The van der Waals surface area contributed by atoms with E-state index in [1.54, 1.807) is 12.1 Å².